The van der Waals surface area contributed by atoms with Crippen LogP contribution >= 0.6 is 0 Å². The molecular formula is C19H30N2O2. The van der Waals surface area contributed by atoms with Crippen molar-refractivity contribution in [2.75, 3.05) is 11.9 Å². The molecule has 0 aromatic heterocycles. The van der Waals surface area contributed by atoms with E-state index in [-0.39, 0.29) is 0 Å². The van der Waals surface area contributed by atoms with Crippen LogP contribution in [0.5, 0.6) is 0 Å². The third-order valence-corrected chi connectivity index (χ3v) is 3.83. The van der Waals surface area contributed by atoms with Gasteiger partial charge in [-0.05, 0) is 25.5 Å². The van der Waals surface area contributed by atoms with Crippen LogP contribution in [-0.4, -0.2) is 18.4 Å². The fourth-order valence-electron chi connectivity index (χ4n) is 2.37. The molecule has 1 aromatic carbocycles. The van der Waals surface area contributed by atoms with Crippen molar-refractivity contribution in [2.45, 2.75) is 65.2 Å². The predicted molar refractivity (Wildman–Crippen MR) is 95.4 cm³/mol. The van der Waals surface area contributed by atoms with E-state index in [0.29, 0.717) is 12.2 Å². The lowest BCUT2D eigenvalue weighted by Crippen LogP contribution is -2.35. The predicted octanol–water partition coefficient (Wildman–Crippen LogP) is 4.19. The number of aryl methyl sites for hydroxylation is 1. The van der Waals surface area contributed by atoms with Crippen LogP contribution in [0.25, 0.3) is 0 Å². The molecule has 1 aromatic rings. The van der Waals surface area contributed by atoms with Crippen molar-refractivity contribution in [3.8, 4) is 0 Å². The zero-order valence-corrected chi connectivity index (χ0v) is 14.5. The Morgan fingerprint density at radius 2 is 1.39 bits per heavy atom. The van der Waals surface area contributed by atoms with Gasteiger partial charge in [0, 0.05) is 12.2 Å². The van der Waals surface area contributed by atoms with Gasteiger partial charge in [0.15, 0.2) is 0 Å². The Balaban J connectivity index is 2.07. The van der Waals surface area contributed by atoms with Gasteiger partial charge in [-0.15, -0.1) is 0 Å². The van der Waals surface area contributed by atoms with Gasteiger partial charge in [-0.25, -0.2) is 0 Å². The molecule has 0 aliphatic heterocycles. The minimum absolute atomic E-state index is 0.562. The summed E-state index contributed by atoms with van der Waals surface area (Å²) in [6.45, 7) is 4.76. The molecule has 0 bridgehead atoms. The van der Waals surface area contributed by atoms with E-state index in [4.69, 9.17) is 0 Å². The Bertz CT molecular complexity index is 469. The summed E-state index contributed by atoms with van der Waals surface area (Å²) in [5.74, 6) is -1.16. The topological polar surface area (TPSA) is 58.2 Å². The first-order valence-corrected chi connectivity index (χ1v) is 8.79. The molecule has 23 heavy (non-hydrogen) atoms. The summed E-state index contributed by atoms with van der Waals surface area (Å²) < 4.78 is 0. The van der Waals surface area contributed by atoms with Gasteiger partial charge in [0.25, 0.3) is 0 Å². The number of amides is 2. The summed E-state index contributed by atoms with van der Waals surface area (Å²) in [6.07, 6.45) is 9.73. The highest BCUT2D eigenvalue weighted by molar-refractivity contribution is 6.39. The Morgan fingerprint density at radius 3 is 2.00 bits per heavy atom. The summed E-state index contributed by atoms with van der Waals surface area (Å²) in [5, 5.41) is 5.27. The number of unbranched alkanes of at least 4 members (excludes halogenated alkanes) is 7. The van der Waals surface area contributed by atoms with Gasteiger partial charge in [-0.1, -0.05) is 69.6 Å². The lowest BCUT2D eigenvalue weighted by atomic mass is 10.1. The molecule has 0 saturated heterocycles. The average molecular weight is 318 g/mol. The molecular weight excluding hydrogens is 288 g/mol. The van der Waals surface area contributed by atoms with Crippen LogP contribution in [-0.2, 0) is 9.59 Å². The van der Waals surface area contributed by atoms with Crippen molar-refractivity contribution in [1.29, 1.82) is 0 Å². The maximum absolute atomic E-state index is 11.7. The van der Waals surface area contributed by atoms with E-state index in [2.05, 4.69) is 17.6 Å². The molecule has 4 heteroatoms. The zero-order valence-electron chi connectivity index (χ0n) is 14.5. The highest BCUT2D eigenvalue weighted by atomic mass is 16.2. The molecule has 0 heterocycles. The SMILES string of the molecule is CCCCCCCCCCNC(=O)C(=O)Nc1ccc(C)cc1. The number of carbonyl (C=O) groups is 2. The number of carbonyl (C=O) groups excluding carboxylic acids is 2. The standard InChI is InChI=1S/C19H30N2O2/c1-3-4-5-6-7-8-9-10-15-20-18(22)19(23)21-17-13-11-16(2)12-14-17/h11-14H,3-10,15H2,1-2H3,(H,20,22)(H,21,23). The fourth-order valence-corrected chi connectivity index (χ4v) is 2.37. The van der Waals surface area contributed by atoms with E-state index in [1.165, 1.54) is 38.5 Å². The van der Waals surface area contributed by atoms with Gasteiger partial charge < -0.3 is 10.6 Å². The first-order chi connectivity index (χ1) is 11.1. The molecule has 1 rings (SSSR count). The Morgan fingerprint density at radius 1 is 0.826 bits per heavy atom. The third-order valence-electron chi connectivity index (χ3n) is 3.83. The number of rotatable bonds is 10. The van der Waals surface area contributed by atoms with Gasteiger partial charge in [0.2, 0.25) is 0 Å². The fraction of sp³-hybridized carbons (Fsp3) is 0.579. The van der Waals surface area contributed by atoms with E-state index in [0.717, 1.165) is 18.4 Å². The highest BCUT2D eigenvalue weighted by Gasteiger charge is 2.12. The zero-order chi connectivity index (χ0) is 16.9. The molecule has 0 spiro atoms. The van der Waals surface area contributed by atoms with Gasteiger partial charge >= 0.3 is 11.8 Å². The van der Waals surface area contributed by atoms with E-state index < -0.39 is 11.8 Å². The number of benzene rings is 1. The molecule has 0 aliphatic carbocycles. The normalized spacial score (nSPS) is 10.3. The van der Waals surface area contributed by atoms with Crippen molar-refractivity contribution in [1.82, 2.24) is 5.32 Å². The second kappa shape index (κ2) is 11.7. The second-order valence-corrected chi connectivity index (χ2v) is 6.05. The maximum atomic E-state index is 11.7. The summed E-state index contributed by atoms with van der Waals surface area (Å²) >= 11 is 0. The molecule has 128 valence electrons. The summed E-state index contributed by atoms with van der Waals surface area (Å²) in [7, 11) is 0. The van der Waals surface area contributed by atoms with Crippen LogP contribution in [0.1, 0.15) is 63.9 Å². The molecule has 0 unspecified atom stereocenters. The molecule has 0 saturated carbocycles. The van der Waals surface area contributed by atoms with Crippen molar-refractivity contribution < 1.29 is 9.59 Å². The molecule has 2 N–H and O–H groups in total. The largest absolute Gasteiger partial charge is 0.348 e. The Labute approximate surface area is 140 Å². The van der Waals surface area contributed by atoms with E-state index >= 15 is 0 Å². The first kappa shape index (κ1) is 19.2. The van der Waals surface area contributed by atoms with Crippen molar-refractivity contribution in [3.05, 3.63) is 29.8 Å². The Kier molecular flexibility index (Phi) is 9.76. The van der Waals surface area contributed by atoms with Gasteiger partial charge in [-0.3, -0.25) is 9.59 Å². The minimum Gasteiger partial charge on any atom is -0.348 e. The molecule has 0 fully saturated rings. The number of hydrogen-bond donors (Lipinski definition) is 2. The molecule has 4 nitrogen and oxygen atoms in total. The van der Waals surface area contributed by atoms with Crippen molar-refractivity contribution in [2.24, 2.45) is 0 Å². The van der Waals surface area contributed by atoms with E-state index in [9.17, 15) is 9.59 Å². The summed E-state index contributed by atoms with van der Waals surface area (Å²) in [4.78, 5) is 23.4. The average Bonchev–Trinajstić information content (AvgIpc) is 2.55. The van der Waals surface area contributed by atoms with Crippen molar-refractivity contribution in [3.63, 3.8) is 0 Å². The maximum Gasteiger partial charge on any atom is 0.313 e. The van der Waals surface area contributed by atoms with E-state index in [1.807, 2.05) is 19.1 Å². The molecule has 0 aliphatic rings. The van der Waals surface area contributed by atoms with Crippen LogP contribution in [0.3, 0.4) is 0 Å². The van der Waals surface area contributed by atoms with Gasteiger partial charge in [-0.2, -0.15) is 0 Å². The van der Waals surface area contributed by atoms with Crippen LogP contribution in [0.4, 0.5) is 5.69 Å². The van der Waals surface area contributed by atoms with Gasteiger partial charge in [0.1, 0.15) is 0 Å². The van der Waals surface area contributed by atoms with Crippen LogP contribution in [0.2, 0.25) is 0 Å². The number of nitrogens with one attached hydrogen (secondary N) is 2. The number of hydrogen-bond acceptors (Lipinski definition) is 2. The lowest BCUT2D eigenvalue weighted by molar-refractivity contribution is -0.136. The molecule has 0 radical (unpaired) electrons. The van der Waals surface area contributed by atoms with Crippen LogP contribution in [0, 0.1) is 6.92 Å². The monoisotopic (exact) mass is 318 g/mol. The molecule has 0 atom stereocenters. The summed E-state index contributed by atoms with van der Waals surface area (Å²) in [5.41, 5.74) is 1.75. The smallest absolute Gasteiger partial charge is 0.313 e. The Hall–Kier alpha value is -1.84. The lowest BCUT2D eigenvalue weighted by Gasteiger charge is -2.07. The van der Waals surface area contributed by atoms with Crippen molar-refractivity contribution >= 4 is 17.5 Å². The first-order valence-electron chi connectivity index (χ1n) is 8.79. The van der Waals surface area contributed by atoms with Crippen LogP contribution in [0.15, 0.2) is 24.3 Å². The van der Waals surface area contributed by atoms with E-state index in [1.54, 1.807) is 12.1 Å². The molecule has 2 amide bonds. The van der Waals surface area contributed by atoms with Gasteiger partial charge in [0.05, 0.1) is 0 Å². The highest BCUT2D eigenvalue weighted by Crippen LogP contribution is 2.09. The third kappa shape index (κ3) is 9.01. The number of anilines is 1. The summed E-state index contributed by atoms with van der Waals surface area (Å²) in [6, 6.07) is 7.38. The second-order valence-electron chi connectivity index (χ2n) is 6.05. The quantitative estimate of drug-likeness (QED) is 0.502. The van der Waals surface area contributed by atoms with Crippen LogP contribution < -0.4 is 10.6 Å². The minimum atomic E-state index is -0.603.